The Kier molecular flexibility index (Phi) is 4.25. The van der Waals surface area contributed by atoms with Crippen molar-refractivity contribution < 1.29 is 13.6 Å². The minimum Gasteiger partial charge on any atom is -0.397 e. The predicted octanol–water partition coefficient (Wildman–Crippen LogP) is 1.12. The number of halogens is 2. The minimum absolute atomic E-state index is 0.0719. The first-order chi connectivity index (χ1) is 8.01. The maximum Gasteiger partial charge on any atom is 0.239 e. The number of nitrogens with two attached hydrogens (primary N) is 1. The monoisotopic (exact) mass is 243 g/mol. The van der Waals surface area contributed by atoms with Gasteiger partial charge < -0.3 is 16.0 Å². The molecule has 0 heterocycles. The van der Waals surface area contributed by atoms with Crippen molar-refractivity contribution in [3.63, 3.8) is 0 Å². The molecule has 1 rings (SSSR count). The first-order valence-electron chi connectivity index (χ1n) is 5.20. The highest BCUT2D eigenvalue weighted by atomic mass is 19.2. The molecule has 0 aromatic heterocycles. The lowest BCUT2D eigenvalue weighted by molar-refractivity contribution is -0.119. The van der Waals surface area contributed by atoms with Crippen molar-refractivity contribution in [2.24, 2.45) is 0 Å². The maximum atomic E-state index is 13.6. The number of nitrogens with zero attached hydrogens (tertiary/aromatic N) is 1. The smallest absolute Gasteiger partial charge is 0.239 e. The van der Waals surface area contributed by atoms with E-state index < -0.39 is 11.6 Å². The van der Waals surface area contributed by atoms with E-state index in [2.05, 4.69) is 5.32 Å². The van der Waals surface area contributed by atoms with Crippen LogP contribution in [0.2, 0.25) is 0 Å². The van der Waals surface area contributed by atoms with Gasteiger partial charge in [-0.3, -0.25) is 4.79 Å². The number of carbonyl (C=O) groups excluding carboxylic acids is 1. The van der Waals surface area contributed by atoms with Crippen molar-refractivity contribution >= 4 is 17.3 Å². The van der Waals surface area contributed by atoms with Crippen LogP contribution < -0.4 is 16.0 Å². The number of benzene rings is 1. The number of hydrogen-bond donors (Lipinski definition) is 2. The Morgan fingerprint density at radius 1 is 1.47 bits per heavy atom. The van der Waals surface area contributed by atoms with E-state index >= 15 is 0 Å². The Bertz CT molecular complexity index is 423. The van der Waals surface area contributed by atoms with Gasteiger partial charge >= 0.3 is 0 Å². The third-order valence-electron chi connectivity index (χ3n) is 2.41. The molecule has 0 saturated carbocycles. The molecule has 1 amide bonds. The quantitative estimate of drug-likeness (QED) is 0.779. The van der Waals surface area contributed by atoms with Crippen LogP contribution in [0, 0.1) is 11.6 Å². The highest BCUT2D eigenvalue weighted by Crippen LogP contribution is 2.28. The number of likely N-dealkylation sites (N-methyl/N-ethyl adjacent to an activating group) is 2. The number of nitrogen functional groups attached to an aromatic ring is 1. The van der Waals surface area contributed by atoms with Gasteiger partial charge in [-0.15, -0.1) is 0 Å². The minimum atomic E-state index is -1.03. The zero-order valence-corrected chi connectivity index (χ0v) is 9.76. The highest BCUT2D eigenvalue weighted by Gasteiger charge is 2.19. The van der Waals surface area contributed by atoms with Crippen LogP contribution >= 0.6 is 0 Å². The number of amides is 1. The number of rotatable bonds is 4. The molecule has 0 aliphatic carbocycles. The average molecular weight is 243 g/mol. The second-order valence-electron chi connectivity index (χ2n) is 3.49. The number of carbonyl (C=O) groups is 1. The molecule has 0 spiro atoms. The topological polar surface area (TPSA) is 58.4 Å². The Hall–Kier alpha value is -1.85. The molecular formula is C11H15F2N3O. The summed E-state index contributed by atoms with van der Waals surface area (Å²) in [7, 11) is 1.47. The van der Waals surface area contributed by atoms with Gasteiger partial charge in [-0.2, -0.15) is 0 Å². The van der Waals surface area contributed by atoms with Gasteiger partial charge in [0.1, 0.15) is 0 Å². The molecule has 0 bridgehead atoms. The molecule has 1 aromatic carbocycles. The molecule has 0 unspecified atom stereocenters. The van der Waals surface area contributed by atoms with Crippen LogP contribution in [0.3, 0.4) is 0 Å². The molecule has 0 aliphatic rings. The van der Waals surface area contributed by atoms with Crippen LogP contribution in [0.25, 0.3) is 0 Å². The maximum absolute atomic E-state index is 13.6. The fourth-order valence-corrected chi connectivity index (χ4v) is 1.48. The van der Waals surface area contributed by atoms with Crippen LogP contribution in [-0.4, -0.2) is 26.0 Å². The van der Waals surface area contributed by atoms with E-state index in [4.69, 9.17) is 5.73 Å². The summed E-state index contributed by atoms with van der Waals surface area (Å²) in [5, 5.41) is 2.42. The lowest BCUT2D eigenvalue weighted by Gasteiger charge is -2.24. The van der Waals surface area contributed by atoms with Crippen LogP contribution in [0.1, 0.15) is 6.92 Å². The molecular weight excluding hydrogens is 228 g/mol. The molecule has 0 radical (unpaired) electrons. The molecule has 0 atom stereocenters. The second-order valence-corrected chi connectivity index (χ2v) is 3.49. The van der Waals surface area contributed by atoms with Crippen LogP contribution in [0.4, 0.5) is 20.2 Å². The molecule has 3 N–H and O–H groups in total. The first-order valence-corrected chi connectivity index (χ1v) is 5.20. The standard InChI is InChI=1S/C11H15F2N3O/c1-3-16(6-9(17)15-2)11-8(14)5-4-7(12)10(11)13/h4-5H,3,6,14H2,1-2H3,(H,15,17). The molecule has 0 saturated heterocycles. The normalized spacial score (nSPS) is 10.1. The van der Waals surface area contributed by atoms with Gasteiger partial charge in [-0.25, -0.2) is 8.78 Å². The third-order valence-corrected chi connectivity index (χ3v) is 2.41. The molecule has 17 heavy (non-hydrogen) atoms. The molecule has 4 nitrogen and oxygen atoms in total. The zero-order valence-electron chi connectivity index (χ0n) is 9.76. The number of hydrogen-bond acceptors (Lipinski definition) is 3. The molecule has 1 aromatic rings. The summed E-state index contributed by atoms with van der Waals surface area (Å²) in [6.45, 7) is 2.00. The van der Waals surface area contributed by atoms with Crippen molar-refractivity contribution in [1.29, 1.82) is 0 Å². The summed E-state index contributed by atoms with van der Waals surface area (Å²) in [5.41, 5.74) is 5.64. The molecule has 94 valence electrons. The van der Waals surface area contributed by atoms with E-state index in [9.17, 15) is 13.6 Å². The van der Waals surface area contributed by atoms with Gasteiger partial charge in [-0.1, -0.05) is 0 Å². The van der Waals surface area contributed by atoms with Gasteiger partial charge in [0.15, 0.2) is 11.6 Å². The van der Waals surface area contributed by atoms with E-state index in [1.165, 1.54) is 18.0 Å². The van der Waals surface area contributed by atoms with Crippen LogP contribution in [-0.2, 0) is 4.79 Å². The van der Waals surface area contributed by atoms with Crippen molar-refractivity contribution in [2.75, 3.05) is 30.8 Å². The Balaban J connectivity index is 3.11. The third kappa shape index (κ3) is 2.83. The van der Waals surface area contributed by atoms with Crippen molar-refractivity contribution in [3.8, 4) is 0 Å². The van der Waals surface area contributed by atoms with E-state index in [0.29, 0.717) is 6.54 Å². The summed E-state index contributed by atoms with van der Waals surface area (Å²) in [6.07, 6.45) is 0. The highest BCUT2D eigenvalue weighted by molar-refractivity contribution is 5.83. The van der Waals surface area contributed by atoms with Gasteiger partial charge in [0.25, 0.3) is 0 Å². The van der Waals surface area contributed by atoms with Crippen molar-refractivity contribution in [1.82, 2.24) is 5.32 Å². The number of anilines is 2. The summed E-state index contributed by atoms with van der Waals surface area (Å²) >= 11 is 0. The van der Waals surface area contributed by atoms with E-state index in [1.54, 1.807) is 6.92 Å². The van der Waals surface area contributed by atoms with Crippen molar-refractivity contribution in [3.05, 3.63) is 23.8 Å². The SMILES string of the molecule is CCN(CC(=O)NC)c1c(N)ccc(F)c1F. The summed E-state index contributed by atoms with van der Waals surface area (Å²) in [5.74, 6) is -2.31. The lowest BCUT2D eigenvalue weighted by atomic mass is 10.2. The summed E-state index contributed by atoms with van der Waals surface area (Å²) in [6, 6.07) is 2.24. The summed E-state index contributed by atoms with van der Waals surface area (Å²) < 4.78 is 26.7. The summed E-state index contributed by atoms with van der Waals surface area (Å²) in [4.78, 5) is 12.6. The average Bonchev–Trinajstić information content (AvgIpc) is 2.32. The Labute approximate surface area is 98.4 Å². The van der Waals surface area contributed by atoms with E-state index in [1.807, 2.05) is 0 Å². The van der Waals surface area contributed by atoms with Gasteiger partial charge in [-0.05, 0) is 19.1 Å². The predicted molar refractivity (Wildman–Crippen MR) is 62.7 cm³/mol. The largest absolute Gasteiger partial charge is 0.397 e. The first kappa shape index (κ1) is 13.2. The van der Waals surface area contributed by atoms with E-state index in [-0.39, 0.29) is 23.8 Å². The zero-order chi connectivity index (χ0) is 13.0. The Morgan fingerprint density at radius 3 is 2.65 bits per heavy atom. The molecule has 0 aliphatic heterocycles. The van der Waals surface area contributed by atoms with Crippen molar-refractivity contribution in [2.45, 2.75) is 6.92 Å². The fraction of sp³-hybridized carbons (Fsp3) is 0.364. The fourth-order valence-electron chi connectivity index (χ4n) is 1.48. The van der Waals surface area contributed by atoms with Crippen LogP contribution in [0.5, 0.6) is 0 Å². The van der Waals surface area contributed by atoms with Gasteiger partial charge in [0.05, 0.1) is 17.9 Å². The van der Waals surface area contributed by atoms with Gasteiger partial charge in [0.2, 0.25) is 5.91 Å². The van der Waals surface area contributed by atoms with Gasteiger partial charge in [0, 0.05) is 13.6 Å². The van der Waals surface area contributed by atoms with E-state index in [0.717, 1.165) is 6.07 Å². The Morgan fingerprint density at radius 2 is 2.12 bits per heavy atom. The second kappa shape index (κ2) is 5.47. The van der Waals surface area contributed by atoms with Crippen LogP contribution in [0.15, 0.2) is 12.1 Å². The molecule has 0 fully saturated rings. The molecule has 6 heteroatoms. The lowest BCUT2D eigenvalue weighted by Crippen LogP contribution is -2.36. The number of nitrogens with one attached hydrogen (secondary N) is 1.